The van der Waals surface area contributed by atoms with Gasteiger partial charge in [0.25, 0.3) is 0 Å². The summed E-state index contributed by atoms with van der Waals surface area (Å²) in [6, 6.07) is 9.85. The zero-order valence-corrected chi connectivity index (χ0v) is 13.6. The number of likely N-dealkylation sites (tertiary alicyclic amines) is 1. The minimum atomic E-state index is 0.451. The van der Waals surface area contributed by atoms with E-state index in [2.05, 4.69) is 64.4 Å². The van der Waals surface area contributed by atoms with Crippen LogP contribution in [0, 0.1) is 0 Å². The van der Waals surface area contributed by atoms with E-state index in [-0.39, 0.29) is 0 Å². The van der Waals surface area contributed by atoms with Crippen molar-refractivity contribution in [3.05, 3.63) is 34.3 Å². The van der Waals surface area contributed by atoms with Gasteiger partial charge < -0.3 is 10.2 Å². The van der Waals surface area contributed by atoms with Crippen LogP contribution in [0.5, 0.6) is 0 Å². The van der Waals surface area contributed by atoms with Crippen molar-refractivity contribution < 1.29 is 0 Å². The van der Waals surface area contributed by atoms with Crippen LogP contribution in [0.25, 0.3) is 0 Å². The van der Waals surface area contributed by atoms with Gasteiger partial charge in [0, 0.05) is 23.1 Å². The van der Waals surface area contributed by atoms with Gasteiger partial charge in [-0.05, 0) is 57.5 Å². The third-order valence-electron chi connectivity index (χ3n) is 4.25. The summed E-state index contributed by atoms with van der Waals surface area (Å²) < 4.78 is 1.16. The highest BCUT2D eigenvalue weighted by Crippen LogP contribution is 2.23. The summed E-state index contributed by atoms with van der Waals surface area (Å²) in [5, 5.41) is 3.45. The molecule has 1 aliphatic rings. The van der Waals surface area contributed by atoms with Crippen LogP contribution in [-0.2, 0) is 0 Å². The van der Waals surface area contributed by atoms with Crippen LogP contribution < -0.4 is 5.32 Å². The summed E-state index contributed by atoms with van der Waals surface area (Å²) in [6.45, 7) is 4.84. The normalized spacial score (nSPS) is 22.4. The molecule has 2 atom stereocenters. The Morgan fingerprint density at radius 2 is 2.26 bits per heavy atom. The molecule has 106 valence electrons. The molecule has 0 aliphatic carbocycles. The van der Waals surface area contributed by atoms with Gasteiger partial charge in [-0.3, -0.25) is 0 Å². The van der Waals surface area contributed by atoms with Crippen LogP contribution in [0.2, 0.25) is 0 Å². The highest BCUT2D eigenvalue weighted by atomic mass is 79.9. The van der Waals surface area contributed by atoms with Crippen LogP contribution in [0.1, 0.15) is 44.2 Å². The number of rotatable bonds is 5. The minimum absolute atomic E-state index is 0.451. The first-order chi connectivity index (χ1) is 9.20. The Morgan fingerprint density at radius 3 is 2.95 bits per heavy atom. The second-order valence-corrected chi connectivity index (χ2v) is 6.48. The quantitative estimate of drug-likeness (QED) is 0.881. The van der Waals surface area contributed by atoms with E-state index in [4.69, 9.17) is 0 Å². The molecule has 0 saturated carbocycles. The third kappa shape index (κ3) is 4.30. The van der Waals surface area contributed by atoms with Crippen LogP contribution in [0.4, 0.5) is 0 Å². The molecule has 19 heavy (non-hydrogen) atoms. The molecule has 1 aromatic rings. The van der Waals surface area contributed by atoms with Crippen LogP contribution in [-0.4, -0.2) is 31.1 Å². The van der Waals surface area contributed by atoms with Crippen molar-refractivity contribution in [1.29, 1.82) is 0 Å². The average Bonchev–Trinajstić information content (AvgIpc) is 2.41. The minimum Gasteiger partial charge on any atom is -0.313 e. The van der Waals surface area contributed by atoms with Gasteiger partial charge in [0.1, 0.15) is 0 Å². The second kappa shape index (κ2) is 7.41. The second-order valence-electron chi connectivity index (χ2n) is 5.57. The van der Waals surface area contributed by atoms with E-state index in [1.165, 1.54) is 44.3 Å². The molecule has 0 aromatic heterocycles. The molecule has 3 heteroatoms. The van der Waals surface area contributed by atoms with Gasteiger partial charge >= 0.3 is 0 Å². The van der Waals surface area contributed by atoms with Gasteiger partial charge in [-0.2, -0.15) is 0 Å². The number of hydrogen-bond acceptors (Lipinski definition) is 2. The van der Waals surface area contributed by atoms with Gasteiger partial charge in [0.15, 0.2) is 0 Å². The monoisotopic (exact) mass is 324 g/mol. The molecular formula is C16H25BrN2. The van der Waals surface area contributed by atoms with Gasteiger partial charge in [0.2, 0.25) is 0 Å². The largest absolute Gasteiger partial charge is 0.313 e. The van der Waals surface area contributed by atoms with E-state index >= 15 is 0 Å². The molecule has 0 amide bonds. The fraction of sp³-hybridized carbons (Fsp3) is 0.625. The summed E-state index contributed by atoms with van der Waals surface area (Å²) in [5.74, 6) is 0. The first-order valence-corrected chi connectivity index (χ1v) is 8.17. The Balaban J connectivity index is 1.92. The molecule has 0 spiro atoms. The smallest absolute Gasteiger partial charge is 0.0330 e. The molecule has 0 bridgehead atoms. The Bertz CT molecular complexity index is 394. The molecule has 1 aliphatic heterocycles. The summed E-state index contributed by atoms with van der Waals surface area (Å²) in [6.07, 6.45) is 5.31. The van der Waals surface area contributed by atoms with E-state index in [9.17, 15) is 0 Å². The van der Waals surface area contributed by atoms with Crippen molar-refractivity contribution in [3.63, 3.8) is 0 Å². The predicted octanol–water partition coefficient (Wildman–Crippen LogP) is 3.97. The topological polar surface area (TPSA) is 15.3 Å². The lowest BCUT2D eigenvalue weighted by molar-refractivity contribution is 0.154. The standard InChI is InChI=1S/C16H25BrN2/c1-13-6-3-4-10-19(13)11-9-16(18-2)14-7-5-8-15(17)12-14/h5,7-8,12-13,16,18H,3-4,6,9-11H2,1-2H3. The lowest BCUT2D eigenvalue weighted by atomic mass is 10.0. The summed E-state index contributed by atoms with van der Waals surface area (Å²) in [5.41, 5.74) is 1.38. The number of hydrogen-bond donors (Lipinski definition) is 1. The third-order valence-corrected chi connectivity index (χ3v) is 4.74. The van der Waals surface area contributed by atoms with Crippen LogP contribution >= 0.6 is 15.9 Å². The fourth-order valence-electron chi connectivity index (χ4n) is 2.99. The maximum absolute atomic E-state index is 3.56. The Morgan fingerprint density at radius 1 is 1.42 bits per heavy atom. The summed E-state index contributed by atoms with van der Waals surface area (Å²) >= 11 is 3.56. The lowest BCUT2D eigenvalue weighted by Crippen LogP contribution is -2.39. The highest BCUT2D eigenvalue weighted by Gasteiger charge is 2.19. The first-order valence-electron chi connectivity index (χ1n) is 7.37. The van der Waals surface area contributed by atoms with E-state index < -0.39 is 0 Å². The van der Waals surface area contributed by atoms with Gasteiger partial charge in [0.05, 0.1) is 0 Å². The van der Waals surface area contributed by atoms with Crippen molar-refractivity contribution >= 4 is 15.9 Å². The molecule has 1 saturated heterocycles. The average molecular weight is 325 g/mol. The predicted molar refractivity (Wildman–Crippen MR) is 85.4 cm³/mol. The van der Waals surface area contributed by atoms with E-state index in [0.29, 0.717) is 6.04 Å². The zero-order chi connectivity index (χ0) is 13.7. The van der Waals surface area contributed by atoms with E-state index in [1.807, 2.05) is 0 Å². The van der Waals surface area contributed by atoms with E-state index in [1.54, 1.807) is 0 Å². The van der Waals surface area contributed by atoms with Crippen LogP contribution in [0.3, 0.4) is 0 Å². The SMILES string of the molecule is CNC(CCN1CCCCC1C)c1cccc(Br)c1. The molecule has 2 nitrogen and oxygen atoms in total. The number of benzene rings is 1. The molecule has 0 radical (unpaired) electrons. The number of nitrogens with zero attached hydrogens (tertiary/aromatic N) is 1. The van der Waals surface area contributed by atoms with Gasteiger partial charge in [-0.1, -0.05) is 34.5 Å². The molecule has 1 fully saturated rings. The van der Waals surface area contributed by atoms with Crippen molar-refractivity contribution in [1.82, 2.24) is 10.2 Å². The number of piperidine rings is 1. The highest BCUT2D eigenvalue weighted by molar-refractivity contribution is 9.10. The summed E-state index contributed by atoms with van der Waals surface area (Å²) in [4.78, 5) is 2.64. The maximum Gasteiger partial charge on any atom is 0.0330 e. The molecule has 2 unspecified atom stereocenters. The molecule has 1 heterocycles. The zero-order valence-electron chi connectivity index (χ0n) is 12.0. The molecule has 1 N–H and O–H groups in total. The Labute approximate surface area is 125 Å². The lowest BCUT2D eigenvalue weighted by Gasteiger charge is -2.34. The van der Waals surface area contributed by atoms with Crippen molar-refractivity contribution in [2.75, 3.05) is 20.1 Å². The molecule has 1 aromatic carbocycles. The fourth-order valence-corrected chi connectivity index (χ4v) is 3.40. The van der Waals surface area contributed by atoms with E-state index in [0.717, 1.165) is 10.5 Å². The van der Waals surface area contributed by atoms with Crippen molar-refractivity contribution in [2.45, 2.75) is 44.7 Å². The Hall–Kier alpha value is -0.380. The van der Waals surface area contributed by atoms with Gasteiger partial charge in [-0.15, -0.1) is 0 Å². The molecular weight excluding hydrogens is 300 g/mol. The van der Waals surface area contributed by atoms with Crippen LogP contribution in [0.15, 0.2) is 28.7 Å². The molecule has 2 rings (SSSR count). The van der Waals surface area contributed by atoms with Gasteiger partial charge in [-0.25, -0.2) is 0 Å². The summed E-state index contributed by atoms with van der Waals surface area (Å²) in [7, 11) is 2.06. The van der Waals surface area contributed by atoms with Crippen molar-refractivity contribution in [2.24, 2.45) is 0 Å². The number of halogens is 1. The van der Waals surface area contributed by atoms with Crippen molar-refractivity contribution in [3.8, 4) is 0 Å². The Kier molecular flexibility index (Phi) is 5.86. The number of nitrogens with one attached hydrogen (secondary N) is 1. The first kappa shape index (κ1) is 15.0. The maximum atomic E-state index is 3.56.